The largest absolute Gasteiger partial charge is 0.600 e. The highest BCUT2D eigenvalue weighted by Crippen LogP contribution is 2.50. The molecule has 0 saturated carbocycles. The van der Waals surface area contributed by atoms with Crippen LogP contribution in [0.4, 0.5) is 13.2 Å². The molecule has 0 spiro atoms. The van der Waals surface area contributed by atoms with E-state index in [1.54, 1.807) is 30.3 Å². The van der Waals surface area contributed by atoms with Crippen molar-refractivity contribution in [3.63, 3.8) is 0 Å². The van der Waals surface area contributed by atoms with Crippen LogP contribution in [0.5, 0.6) is 0 Å². The molecule has 0 N–H and O–H groups in total. The van der Waals surface area contributed by atoms with Crippen LogP contribution in [0.3, 0.4) is 0 Å². The van der Waals surface area contributed by atoms with E-state index in [4.69, 9.17) is 0 Å². The number of rotatable bonds is 2. The van der Waals surface area contributed by atoms with Crippen LogP contribution < -0.4 is 0 Å². The molecule has 5 heteroatoms. The van der Waals surface area contributed by atoms with Gasteiger partial charge in [-0.3, -0.25) is 0 Å². The van der Waals surface area contributed by atoms with Gasteiger partial charge in [0.25, 0.3) is 0 Å². The van der Waals surface area contributed by atoms with Crippen molar-refractivity contribution >= 4 is 33.0 Å². The average Bonchev–Trinajstić information content (AvgIpc) is 2.55. The summed E-state index contributed by atoms with van der Waals surface area (Å²) in [5.41, 5.74) is -4.15. The van der Waals surface area contributed by atoms with E-state index < -0.39 is 16.0 Å². The number of hydrogen-bond donors (Lipinski definition) is 0. The highest BCUT2D eigenvalue weighted by Gasteiger charge is 2.47. The van der Waals surface area contributed by atoms with Crippen molar-refractivity contribution in [3.8, 4) is 0 Å². The lowest BCUT2D eigenvalue weighted by Crippen LogP contribution is -1.97. The van der Waals surface area contributed by atoms with Crippen LogP contribution in [-0.2, 0) is 11.9 Å². The van der Waals surface area contributed by atoms with Crippen LogP contribution in [0.2, 0.25) is 0 Å². The molecule has 0 nitrogen and oxygen atoms in total. The molecule has 0 radical (unpaired) electrons. The Balaban J connectivity index is 0.00000144. The summed E-state index contributed by atoms with van der Waals surface area (Å²) in [5.74, 6) is 0. The number of halogens is 4. The average molecular weight is 282 g/mol. The minimum atomic E-state index is -4.15. The van der Waals surface area contributed by atoms with E-state index in [2.05, 4.69) is 0 Å². The summed E-state index contributed by atoms with van der Waals surface area (Å²) < 4.78 is 39.4. The van der Waals surface area contributed by atoms with Gasteiger partial charge in [0.05, 0.1) is 10.5 Å². The molecule has 2 rings (SSSR count). The topological polar surface area (TPSA) is 0 Å². The Morgan fingerprint density at radius 3 is 2.41 bits per heavy atom. The molecule has 0 bridgehead atoms. The van der Waals surface area contributed by atoms with Gasteiger partial charge >= 0.3 is 5.51 Å². The molecule has 0 aliphatic heterocycles. The highest BCUT2D eigenvalue weighted by atomic mass is 35.5. The minimum absolute atomic E-state index is 0. The second-order valence-corrected chi connectivity index (χ2v) is 5.69. The van der Waals surface area contributed by atoms with Crippen LogP contribution >= 0.6 is 22.9 Å². The zero-order chi connectivity index (χ0) is 11.8. The predicted molar refractivity (Wildman–Crippen MR) is 69.0 cm³/mol. The Hall–Kier alpha value is -0.740. The second kappa shape index (κ2) is 5.27. The van der Waals surface area contributed by atoms with Gasteiger partial charge in [-0.25, -0.2) is 0 Å². The number of thiophene rings is 1. The minimum Gasteiger partial charge on any atom is -0.147 e. The molecule has 17 heavy (non-hydrogen) atoms. The number of hydrogen-bond acceptors (Lipinski definition) is 0. The molecule has 0 aliphatic rings. The first-order valence-electron chi connectivity index (χ1n) is 5.14. The third kappa shape index (κ3) is 2.75. The maximum atomic E-state index is 13.0. The van der Waals surface area contributed by atoms with Gasteiger partial charge in [0.15, 0.2) is 9.58 Å². The Labute approximate surface area is 107 Å². The van der Waals surface area contributed by atoms with Gasteiger partial charge < -0.3 is 0 Å². The van der Waals surface area contributed by atoms with E-state index >= 15 is 0 Å². The molecule has 2 aromatic rings. The van der Waals surface area contributed by atoms with Crippen molar-refractivity contribution in [2.75, 3.05) is 0 Å². The maximum Gasteiger partial charge on any atom is 0.600 e. The molecular weight excluding hydrogens is 269 g/mol. The van der Waals surface area contributed by atoms with Crippen LogP contribution in [0.25, 0.3) is 10.1 Å². The summed E-state index contributed by atoms with van der Waals surface area (Å²) in [6.45, 7) is 1.90. The molecule has 1 atom stereocenters. The first kappa shape index (κ1) is 14.3. The maximum absolute atomic E-state index is 13.0. The fourth-order valence-corrected chi connectivity index (χ4v) is 3.91. The lowest BCUT2D eigenvalue weighted by atomic mass is 10.2. The van der Waals surface area contributed by atoms with Gasteiger partial charge in [0.1, 0.15) is 0 Å². The fraction of sp³-hybridized carbons (Fsp3) is 0.333. The Morgan fingerprint density at radius 1 is 1.18 bits per heavy atom. The Bertz CT molecular complexity index is 502. The summed E-state index contributed by atoms with van der Waals surface area (Å²) in [6, 6.07) is 8.50. The zero-order valence-corrected chi connectivity index (χ0v) is 10.9. The number of alkyl halides is 3. The van der Waals surface area contributed by atoms with Gasteiger partial charge in [0.2, 0.25) is 0 Å². The molecule has 94 valence electrons. The van der Waals surface area contributed by atoms with Crippen molar-refractivity contribution in [2.45, 2.75) is 25.3 Å². The molecule has 1 heterocycles. The van der Waals surface area contributed by atoms with E-state index in [-0.39, 0.29) is 12.4 Å². The number of fused-ring (bicyclic) bond motifs is 1. The van der Waals surface area contributed by atoms with Crippen molar-refractivity contribution in [1.82, 2.24) is 0 Å². The van der Waals surface area contributed by atoms with Crippen molar-refractivity contribution < 1.29 is 13.2 Å². The van der Waals surface area contributed by atoms with Gasteiger partial charge in [-0.2, -0.15) is 0 Å². The smallest absolute Gasteiger partial charge is 0.147 e. The van der Waals surface area contributed by atoms with E-state index in [1.807, 2.05) is 6.92 Å². The molecule has 0 saturated heterocycles. The fourth-order valence-electron chi connectivity index (χ4n) is 1.85. The summed E-state index contributed by atoms with van der Waals surface area (Å²) in [7, 11) is -1.70. The van der Waals surface area contributed by atoms with Gasteiger partial charge in [-0.15, -0.1) is 25.6 Å². The lowest BCUT2D eigenvalue weighted by Gasteiger charge is -1.98. The molecule has 0 fully saturated rings. The third-order valence-electron chi connectivity index (χ3n) is 2.45. The van der Waals surface area contributed by atoms with Crippen molar-refractivity contribution in [2.24, 2.45) is 0 Å². The first-order chi connectivity index (χ1) is 7.54. The second-order valence-electron chi connectivity index (χ2n) is 3.65. The molecule has 1 unspecified atom stereocenters. The molecular formula is C12H13ClF3S+. The predicted octanol–water partition coefficient (Wildman–Crippen LogP) is 5.44. The first-order valence-corrected chi connectivity index (χ1v) is 6.37. The molecule has 1 aromatic heterocycles. The monoisotopic (exact) mass is 281 g/mol. The summed E-state index contributed by atoms with van der Waals surface area (Å²) in [4.78, 5) is 0.524. The van der Waals surface area contributed by atoms with Crippen LogP contribution in [-0.4, -0.2) is 0 Å². The van der Waals surface area contributed by atoms with Gasteiger partial charge in [-0.05, 0) is 18.6 Å². The summed E-state index contributed by atoms with van der Waals surface area (Å²) in [5, 5.41) is 0.728. The standard InChI is InChI=1S/C12H12F3S.ClH/c1-2-5-10-8-9-6-3-4-7-11(9)16(10)12(13,14)15;/h3-4,6-8H,2,5H2,1H3;1H/q+1;. The quantitative estimate of drug-likeness (QED) is 0.643. The number of benzene rings is 1. The number of aryl methyl sites for hydroxylation is 1. The van der Waals surface area contributed by atoms with Crippen molar-refractivity contribution in [3.05, 3.63) is 35.2 Å². The van der Waals surface area contributed by atoms with Crippen LogP contribution in [0.15, 0.2) is 30.3 Å². The third-order valence-corrected chi connectivity index (χ3v) is 4.57. The Kier molecular flexibility index (Phi) is 4.44. The Morgan fingerprint density at radius 2 is 1.82 bits per heavy atom. The highest BCUT2D eigenvalue weighted by molar-refractivity contribution is 7.38. The van der Waals surface area contributed by atoms with Crippen LogP contribution in [0, 0.1) is 0 Å². The van der Waals surface area contributed by atoms with Gasteiger partial charge in [0, 0.05) is 17.9 Å². The molecule has 0 amide bonds. The molecule has 1 aromatic carbocycles. The van der Waals surface area contributed by atoms with E-state index in [0.29, 0.717) is 16.0 Å². The van der Waals surface area contributed by atoms with Crippen LogP contribution in [0.1, 0.15) is 18.2 Å². The zero-order valence-electron chi connectivity index (χ0n) is 9.25. The summed E-state index contributed by atoms with van der Waals surface area (Å²) >= 11 is 0. The van der Waals surface area contributed by atoms with Crippen molar-refractivity contribution in [1.29, 1.82) is 0 Å². The molecule has 0 aliphatic carbocycles. The SMILES string of the molecule is CCCc1cc2ccccc2[s+]1C(F)(F)F.Cl. The summed E-state index contributed by atoms with van der Waals surface area (Å²) in [6.07, 6.45) is 1.27. The lowest BCUT2D eigenvalue weighted by molar-refractivity contribution is -0.0867. The van der Waals surface area contributed by atoms with E-state index in [0.717, 1.165) is 11.8 Å². The van der Waals surface area contributed by atoms with E-state index in [9.17, 15) is 13.2 Å². The van der Waals surface area contributed by atoms with Gasteiger partial charge in [-0.1, -0.05) is 19.1 Å². The van der Waals surface area contributed by atoms with E-state index in [1.165, 1.54) is 0 Å². The normalized spacial score (nSPS) is 12.6.